The standard InChI is InChI=1S/C21H20N2O3S/c1-13(2)15-6-4-14(5-7-15)12-18-19(24)22-21(27)23(20(18)25)16-8-10-17(26-3)11-9-16/h4-13H,1-3H3,(H,22,24,27)/b18-12+. The van der Waals surface area contributed by atoms with E-state index in [-0.39, 0.29) is 10.7 Å². The van der Waals surface area contributed by atoms with Gasteiger partial charge in [-0.3, -0.25) is 19.8 Å². The highest BCUT2D eigenvalue weighted by Gasteiger charge is 2.34. The molecule has 0 unspecified atom stereocenters. The highest BCUT2D eigenvalue weighted by atomic mass is 32.1. The summed E-state index contributed by atoms with van der Waals surface area (Å²) < 4.78 is 5.14. The van der Waals surface area contributed by atoms with Gasteiger partial charge in [0.2, 0.25) is 0 Å². The molecule has 1 fully saturated rings. The third kappa shape index (κ3) is 3.90. The first-order chi connectivity index (χ1) is 12.9. The third-order valence-corrected chi connectivity index (χ3v) is 4.63. The van der Waals surface area contributed by atoms with Crippen LogP contribution < -0.4 is 15.0 Å². The Morgan fingerprint density at radius 2 is 1.67 bits per heavy atom. The molecule has 0 radical (unpaired) electrons. The van der Waals surface area contributed by atoms with Crippen molar-refractivity contribution in [3.8, 4) is 5.75 Å². The number of nitrogens with zero attached hydrogens (tertiary/aromatic N) is 1. The van der Waals surface area contributed by atoms with E-state index in [1.54, 1.807) is 37.5 Å². The summed E-state index contributed by atoms with van der Waals surface area (Å²) in [6.07, 6.45) is 1.58. The van der Waals surface area contributed by atoms with E-state index in [4.69, 9.17) is 17.0 Å². The molecule has 0 aliphatic carbocycles. The number of carbonyl (C=O) groups is 2. The number of rotatable bonds is 4. The van der Waals surface area contributed by atoms with Crippen molar-refractivity contribution in [3.63, 3.8) is 0 Å². The van der Waals surface area contributed by atoms with Gasteiger partial charge in [0.05, 0.1) is 12.8 Å². The van der Waals surface area contributed by atoms with Crippen LogP contribution in [0.3, 0.4) is 0 Å². The maximum Gasteiger partial charge on any atom is 0.270 e. The van der Waals surface area contributed by atoms with Crippen molar-refractivity contribution in [2.75, 3.05) is 12.0 Å². The lowest BCUT2D eigenvalue weighted by atomic mass is 10.0. The maximum absolute atomic E-state index is 13.0. The van der Waals surface area contributed by atoms with Crippen LogP contribution in [-0.2, 0) is 9.59 Å². The minimum atomic E-state index is -0.498. The summed E-state index contributed by atoms with van der Waals surface area (Å²) in [6.45, 7) is 4.22. The van der Waals surface area contributed by atoms with Crippen LogP contribution in [0.25, 0.3) is 6.08 Å². The van der Waals surface area contributed by atoms with Gasteiger partial charge in [-0.25, -0.2) is 0 Å². The molecule has 2 aromatic rings. The summed E-state index contributed by atoms with van der Waals surface area (Å²) in [5.74, 6) is 0.123. The number of benzene rings is 2. The van der Waals surface area contributed by atoms with Gasteiger partial charge < -0.3 is 4.74 Å². The van der Waals surface area contributed by atoms with Crippen LogP contribution in [0.5, 0.6) is 5.75 Å². The van der Waals surface area contributed by atoms with Gasteiger partial charge in [0.1, 0.15) is 11.3 Å². The van der Waals surface area contributed by atoms with Crippen LogP contribution in [0.1, 0.15) is 30.9 Å². The number of thiocarbonyl (C=S) groups is 1. The number of hydrogen-bond acceptors (Lipinski definition) is 4. The molecule has 3 rings (SSSR count). The van der Waals surface area contributed by atoms with Crippen molar-refractivity contribution in [3.05, 3.63) is 65.2 Å². The molecule has 5 nitrogen and oxygen atoms in total. The van der Waals surface area contributed by atoms with Crippen LogP contribution in [0, 0.1) is 0 Å². The first-order valence-electron chi connectivity index (χ1n) is 8.56. The fraction of sp³-hybridized carbons (Fsp3) is 0.190. The number of nitrogens with one attached hydrogen (secondary N) is 1. The van der Waals surface area contributed by atoms with Gasteiger partial charge in [-0.15, -0.1) is 0 Å². The fourth-order valence-corrected chi connectivity index (χ4v) is 3.05. The molecule has 1 saturated heterocycles. The zero-order valence-electron chi connectivity index (χ0n) is 15.4. The summed E-state index contributed by atoms with van der Waals surface area (Å²) in [4.78, 5) is 26.6. The van der Waals surface area contributed by atoms with Gasteiger partial charge in [0, 0.05) is 0 Å². The van der Waals surface area contributed by atoms with Crippen molar-refractivity contribution in [1.82, 2.24) is 5.32 Å². The van der Waals surface area contributed by atoms with Crippen LogP contribution in [0.4, 0.5) is 5.69 Å². The zero-order chi connectivity index (χ0) is 19.6. The maximum atomic E-state index is 13.0. The highest BCUT2D eigenvalue weighted by Crippen LogP contribution is 2.24. The minimum absolute atomic E-state index is 0.0386. The zero-order valence-corrected chi connectivity index (χ0v) is 16.2. The van der Waals surface area contributed by atoms with E-state index in [1.165, 1.54) is 10.5 Å². The number of anilines is 1. The van der Waals surface area contributed by atoms with Gasteiger partial charge in [-0.1, -0.05) is 38.1 Å². The van der Waals surface area contributed by atoms with Gasteiger partial charge in [0.25, 0.3) is 11.8 Å². The molecule has 2 aromatic carbocycles. The normalized spacial score (nSPS) is 16.1. The molecule has 1 aliphatic heterocycles. The molecule has 1 N–H and O–H groups in total. The second kappa shape index (κ2) is 7.72. The number of amides is 2. The first kappa shape index (κ1) is 18.8. The van der Waals surface area contributed by atoms with Crippen molar-refractivity contribution in [1.29, 1.82) is 0 Å². The van der Waals surface area contributed by atoms with Crippen LogP contribution in [-0.4, -0.2) is 24.0 Å². The Morgan fingerprint density at radius 3 is 2.22 bits per heavy atom. The van der Waals surface area contributed by atoms with Gasteiger partial charge in [-0.2, -0.15) is 0 Å². The Hall–Kier alpha value is -2.99. The minimum Gasteiger partial charge on any atom is -0.497 e. The predicted molar refractivity (Wildman–Crippen MR) is 110 cm³/mol. The monoisotopic (exact) mass is 380 g/mol. The molecule has 6 heteroatoms. The van der Waals surface area contributed by atoms with Crippen molar-refractivity contribution >= 4 is 40.9 Å². The molecule has 0 saturated carbocycles. The average molecular weight is 380 g/mol. The summed E-state index contributed by atoms with van der Waals surface area (Å²) in [7, 11) is 1.57. The Labute approximate surface area is 163 Å². The molecule has 0 spiro atoms. The molecule has 1 aliphatic rings. The van der Waals surface area contributed by atoms with Gasteiger partial charge >= 0.3 is 0 Å². The quantitative estimate of drug-likeness (QED) is 0.500. The van der Waals surface area contributed by atoms with Crippen molar-refractivity contribution < 1.29 is 14.3 Å². The molecule has 0 bridgehead atoms. The van der Waals surface area contributed by atoms with Gasteiger partial charge in [-0.05, 0) is 59.6 Å². The topological polar surface area (TPSA) is 58.6 Å². The Bertz CT molecular complexity index is 915. The summed E-state index contributed by atoms with van der Waals surface area (Å²) >= 11 is 5.20. The van der Waals surface area contributed by atoms with E-state index in [1.807, 2.05) is 24.3 Å². The first-order valence-corrected chi connectivity index (χ1v) is 8.97. The summed E-state index contributed by atoms with van der Waals surface area (Å²) in [5, 5.41) is 2.64. The van der Waals surface area contributed by atoms with Crippen LogP contribution in [0.15, 0.2) is 54.1 Å². The van der Waals surface area contributed by atoms with E-state index in [9.17, 15) is 9.59 Å². The summed E-state index contributed by atoms with van der Waals surface area (Å²) in [6, 6.07) is 14.7. The lowest BCUT2D eigenvalue weighted by Crippen LogP contribution is -2.54. The number of hydrogen-bond donors (Lipinski definition) is 1. The molecule has 2 amide bonds. The fourth-order valence-electron chi connectivity index (χ4n) is 2.77. The van der Waals surface area contributed by atoms with E-state index >= 15 is 0 Å². The second-order valence-corrected chi connectivity index (χ2v) is 6.86. The smallest absolute Gasteiger partial charge is 0.270 e. The lowest BCUT2D eigenvalue weighted by Gasteiger charge is -2.29. The second-order valence-electron chi connectivity index (χ2n) is 6.48. The Balaban J connectivity index is 1.93. The molecule has 0 aromatic heterocycles. The lowest BCUT2D eigenvalue weighted by molar-refractivity contribution is -0.122. The van der Waals surface area contributed by atoms with E-state index in [2.05, 4.69) is 19.2 Å². The highest BCUT2D eigenvalue weighted by molar-refractivity contribution is 7.80. The van der Waals surface area contributed by atoms with Crippen molar-refractivity contribution in [2.45, 2.75) is 19.8 Å². The molecule has 138 valence electrons. The van der Waals surface area contributed by atoms with Crippen LogP contribution >= 0.6 is 12.2 Å². The summed E-state index contributed by atoms with van der Waals surface area (Å²) in [5.41, 5.74) is 2.57. The largest absolute Gasteiger partial charge is 0.497 e. The van der Waals surface area contributed by atoms with E-state index in [0.717, 1.165) is 5.56 Å². The molecular weight excluding hydrogens is 360 g/mol. The van der Waals surface area contributed by atoms with Gasteiger partial charge in [0.15, 0.2) is 5.11 Å². The number of methoxy groups -OCH3 is 1. The molecular formula is C21H20N2O3S. The molecule has 27 heavy (non-hydrogen) atoms. The van der Waals surface area contributed by atoms with Crippen LogP contribution in [0.2, 0.25) is 0 Å². The molecule has 0 atom stereocenters. The number of ether oxygens (including phenoxy) is 1. The van der Waals surface area contributed by atoms with E-state index < -0.39 is 11.8 Å². The average Bonchev–Trinajstić information content (AvgIpc) is 2.66. The Morgan fingerprint density at radius 1 is 1.04 bits per heavy atom. The Kier molecular flexibility index (Phi) is 5.37. The molecule has 1 heterocycles. The van der Waals surface area contributed by atoms with E-state index in [0.29, 0.717) is 17.4 Å². The number of carbonyl (C=O) groups excluding carboxylic acids is 2. The van der Waals surface area contributed by atoms with Crippen molar-refractivity contribution in [2.24, 2.45) is 0 Å². The SMILES string of the molecule is COc1ccc(N2C(=O)/C(=C/c3ccc(C(C)C)cc3)C(=O)NC2=S)cc1. The third-order valence-electron chi connectivity index (χ3n) is 4.35. The predicted octanol–water partition coefficient (Wildman–Crippen LogP) is 3.65.